The van der Waals surface area contributed by atoms with Gasteiger partial charge in [0.1, 0.15) is 12.4 Å². The lowest BCUT2D eigenvalue weighted by atomic mass is 10.1. The summed E-state index contributed by atoms with van der Waals surface area (Å²) in [5.41, 5.74) is 1.72. The van der Waals surface area contributed by atoms with Crippen LogP contribution >= 0.6 is 0 Å². The molecule has 9 nitrogen and oxygen atoms in total. The van der Waals surface area contributed by atoms with Gasteiger partial charge >= 0.3 is 6.16 Å². The van der Waals surface area contributed by atoms with Gasteiger partial charge in [0.25, 0.3) is 5.69 Å². The van der Waals surface area contributed by atoms with E-state index in [0.717, 1.165) is 11.1 Å². The van der Waals surface area contributed by atoms with Crippen LogP contribution in [0.3, 0.4) is 0 Å². The molecule has 164 valence electrons. The van der Waals surface area contributed by atoms with Gasteiger partial charge in [-0.3, -0.25) is 10.1 Å². The Hall–Kier alpha value is -3.45. The minimum atomic E-state index is -0.918. The highest BCUT2D eigenvalue weighted by Gasteiger charge is 2.09. The first kappa shape index (κ1) is 23.8. The molecule has 0 aromatic heterocycles. The molecule has 9 heteroatoms. The number of ether oxygens (including phenoxy) is 5. The molecule has 0 radical (unpaired) electrons. The molecular weight excluding hydrogens is 406 g/mol. The topological polar surface area (TPSA) is 106 Å². The highest BCUT2D eigenvalue weighted by Crippen LogP contribution is 2.17. The second kappa shape index (κ2) is 13.7. The maximum Gasteiger partial charge on any atom is 0.513 e. The number of terminal acetylenes is 1. The molecule has 0 fully saturated rings. The van der Waals surface area contributed by atoms with E-state index in [1.807, 2.05) is 24.3 Å². The number of benzene rings is 2. The highest BCUT2D eigenvalue weighted by atomic mass is 16.7. The summed E-state index contributed by atoms with van der Waals surface area (Å²) in [6.45, 7) is 2.23. The Balaban J connectivity index is 1.42. The Morgan fingerprint density at radius 3 is 2.23 bits per heavy atom. The first-order valence-corrected chi connectivity index (χ1v) is 9.46. The SMILES string of the molecule is C#Cc1cccc(COCCOCCOCCOC(=O)Oc2ccc([N+](=O)[O-])cc2)c1. The van der Waals surface area contributed by atoms with Crippen molar-refractivity contribution in [3.63, 3.8) is 0 Å². The Labute approximate surface area is 180 Å². The van der Waals surface area contributed by atoms with Crippen molar-refractivity contribution in [3.05, 3.63) is 69.8 Å². The zero-order chi connectivity index (χ0) is 22.3. The van der Waals surface area contributed by atoms with Gasteiger partial charge in [0, 0.05) is 17.7 Å². The lowest BCUT2D eigenvalue weighted by Gasteiger charge is -2.08. The van der Waals surface area contributed by atoms with Crippen LogP contribution in [-0.4, -0.2) is 50.7 Å². The molecule has 0 bridgehead atoms. The van der Waals surface area contributed by atoms with Crippen molar-refractivity contribution in [1.82, 2.24) is 0 Å². The summed E-state index contributed by atoms with van der Waals surface area (Å²) in [6.07, 6.45) is 4.44. The van der Waals surface area contributed by atoms with E-state index in [1.54, 1.807) is 0 Å². The predicted molar refractivity (Wildman–Crippen MR) is 111 cm³/mol. The largest absolute Gasteiger partial charge is 0.513 e. The second-order valence-corrected chi connectivity index (χ2v) is 6.07. The van der Waals surface area contributed by atoms with E-state index in [1.165, 1.54) is 24.3 Å². The second-order valence-electron chi connectivity index (χ2n) is 6.07. The van der Waals surface area contributed by atoms with E-state index < -0.39 is 11.1 Å². The van der Waals surface area contributed by atoms with Crippen LogP contribution < -0.4 is 4.74 Å². The van der Waals surface area contributed by atoms with Crippen molar-refractivity contribution in [2.75, 3.05) is 39.6 Å². The fraction of sp³-hybridized carbons (Fsp3) is 0.318. The molecule has 0 aliphatic rings. The molecule has 2 aromatic carbocycles. The molecule has 0 atom stereocenters. The highest BCUT2D eigenvalue weighted by molar-refractivity contribution is 5.63. The smallest absolute Gasteiger partial charge is 0.432 e. The standard InChI is InChI=1S/C22H23NO8/c1-2-18-4-3-5-19(16-18)17-29-13-12-27-10-11-28-14-15-30-22(24)31-21-8-6-20(7-9-21)23(25)26/h1,3-9,16H,10-15,17H2. The van der Waals surface area contributed by atoms with E-state index in [2.05, 4.69) is 5.92 Å². The molecule has 0 aliphatic heterocycles. The number of nitro benzene ring substituents is 1. The summed E-state index contributed by atoms with van der Waals surface area (Å²) in [5, 5.41) is 10.6. The van der Waals surface area contributed by atoms with Crippen LogP contribution in [0.1, 0.15) is 11.1 Å². The summed E-state index contributed by atoms with van der Waals surface area (Å²) in [6, 6.07) is 12.7. The molecule has 0 saturated heterocycles. The lowest BCUT2D eigenvalue weighted by molar-refractivity contribution is -0.384. The van der Waals surface area contributed by atoms with Gasteiger partial charge in [0.15, 0.2) is 0 Å². The molecular formula is C22H23NO8. The van der Waals surface area contributed by atoms with Crippen LogP contribution in [0.15, 0.2) is 48.5 Å². The third kappa shape index (κ3) is 9.73. The fourth-order valence-electron chi connectivity index (χ4n) is 2.33. The average Bonchev–Trinajstić information content (AvgIpc) is 2.78. The number of carbonyl (C=O) groups is 1. The number of hydrogen-bond donors (Lipinski definition) is 0. The van der Waals surface area contributed by atoms with Crippen LogP contribution in [0, 0.1) is 22.5 Å². The maximum atomic E-state index is 11.5. The van der Waals surface area contributed by atoms with Crippen molar-refractivity contribution in [2.45, 2.75) is 6.61 Å². The average molecular weight is 429 g/mol. The number of hydrogen-bond acceptors (Lipinski definition) is 8. The van der Waals surface area contributed by atoms with E-state index in [9.17, 15) is 14.9 Å². The zero-order valence-corrected chi connectivity index (χ0v) is 16.9. The minimum Gasteiger partial charge on any atom is -0.432 e. The van der Waals surface area contributed by atoms with Gasteiger partial charge in [-0.25, -0.2) is 4.79 Å². The summed E-state index contributed by atoms with van der Waals surface area (Å²) >= 11 is 0. The van der Waals surface area contributed by atoms with Crippen molar-refractivity contribution in [2.24, 2.45) is 0 Å². The molecule has 0 saturated carbocycles. The fourth-order valence-corrected chi connectivity index (χ4v) is 2.33. The van der Waals surface area contributed by atoms with Crippen LogP contribution in [0.5, 0.6) is 5.75 Å². The molecule has 2 rings (SSSR count). The monoisotopic (exact) mass is 429 g/mol. The van der Waals surface area contributed by atoms with Crippen molar-refractivity contribution < 1.29 is 33.4 Å². The molecule has 0 N–H and O–H groups in total. The van der Waals surface area contributed by atoms with E-state index in [4.69, 9.17) is 30.1 Å². The summed E-state index contributed by atoms with van der Waals surface area (Å²) in [5.74, 6) is 2.73. The third-order valence-electron chi connectivity index (χ3n) is 3.80. The van der Waals surface area contributed by atoms with Gasteiger partial charge in [-0.2, -0.15) is 0 Å². The van der Waals surface area contributed by atoms with Gasteiger partial charge in [0.2, 0.25) is 0 Å². The lowest BCUT2D eigenvalue weighted by Crippen LogP contribution is -2.16. The minimum absolute atomic E-state index is 0.00560. The third-order valence-corrected chi connectivity index (χ3v) is 3.80. The zero-order valence-electron chi connectivity index (χ0n) is 16.9. The first-order valence-electron chi connectivity index (χ1n) is 9.46. The Morgan fingerprint density at radius 1 is 0.935 bits per heavy atom. The predicted octanol–water partition coefficient (Wildman–Crippen LogP) is 3.34. The van der Waals surface area contributed by atoms with Gasteiger partial charge in [-0.15, -0.1) is 6.42 Å². The Morgan fingerprint density at radius 2 is 1.58 bits per heavy atom. The molecule has 0 amide bonds. The summed E-state index contributed by atoms with van der Waals surface area (Å²) in [4.78, 5) is 21.5. The maximum absolute atomic E-state index is 11.5. The number of rotatable bonds is 13. The normalized spacial score (nSPS) is 10.3. The van der Waals surface area contributed by atoms with Crippen molar-refractivity contribution in [3.8, 4) is 18.1 Å². The Kier molecular flexibility index (Phi) is 10.5. The molecule has 0 unspecified atom stereocenters. The van der Waals surface area contributed by atoms with Crippen LogP contribution in [0.2, 0.25) is 0 Å². The molecule has 0 heterocycles. The van der Waals surface area contributed by atoms with Gasteiger partial charge < -0.3 is 23.7 Å². The molecule has 2 aromatic rings. The summed E-state index contributed by atoms with van der Waals surface area (Å²) in [7, 11) is 0. The number of non-ortho nitro benzene ring substituents is 1. The molecule has 0 spiro atoms. The molecule has 0 aliphatic carbocycles. The van der Waals surface area contributed by atoms with Gasteiger partial charge in [-0.05, 0) is 29.8 Å². The van der Waals surface area contributed by atoms with E-state index in [-0.39, 0.29) is 24.7 Å². The van der Waals surface area contributed by atoms with Crippen molar-refractivity contribution in [1.29, 1.82) is 0 Å². The Bertz CT molecular complexity index is 876. The number of carbonyl (C=O) groups excluding carboxylic acids is 1. The molecule has 31 heavy (non-hydrogen) atoms. The number of nitro groups is 1. The van der Waals surface area contributed by atoms with Crippen molar-refractivity contribution >= 4 is 11.8 Å². The van der Waals surface area contributed by atoms with Gasteiger partial charge in [-0.1, -0.05) is 18.1 Å². The summed E-state index contributed by atoms with van der Waals surface area (Å²) < 4.78 is 25.9. The van der Waals surface area contributed by atoms with Crippen LogP contribution in [-0.2, 0) is 25.6 Å². The first-order chi connectivity index (χ1) is 15.1. The quantitative estimate of drug-likeness (QED) is 0.119. The van der Waals surface area contributed by atoms with Crippen LogP contribution in [0.25, 0.3) is 0 Å². The van der Waals surface area contributed by atoms with Gasteiger partial charge in [0.05, 0.1) is 44.6 Å². The van der Waals surface area contributed by atoms with E-state index in [0.29, 0.717) is 33.0 Å². The van der Waals surface area contributed by atoms with Crippen LogP contribution in [0.4, 0.5) is 10.5 Å². The number of nitrogens with zero attached hydrogens (tertiary/aromatic N) is 1. The van der Waals surface area contributed by atoms with E-state index >= 15 is 0 Å².